The molecule has 0 aromatic heterocycles. The Hall–Kier alpha value is -2.22. The van der Waals surface area contributed by atoms with Crippen molar-refractivity contribution in [2.75, 3.05) is 0 Å². The van der Waals surface area contributed by atoms with Crippen molar-refractivity contribution in [3.05, 3.63) is 66.2 Å². The smallest absolute Gasteiger partial charge is 0.325 e. The minimum Gasteiger partial charge on any atom is -0.480 e. The molecule has 0 spiro atoms. The van der Waals surface area contributed by atoms with E-state index in [2.05, 4.69) is 0 Å². The van der Waals surface area contributed by atoms with Crippen LogP contribution in [0.4, 0.5) is 0 Å². The summed E-state index contributed by atoms with van der Waals surface area (Å²) in [6.45, 7) is 0. The highest BCUT2D eigenvalue weighted by Gasteiger charge is 2.12. The van der Waals surface area contributed by atoms with Gasteiger partial charge in [-0.05, 0) is 17.7 Å². The quantitative estimate of drug-likeness (QED) is 0.743. The summed E-state index contributed by atoms with van der Waals surface area (Å²) in [5.74, 6) is -1.00. The van der Waals surface area contributed by atoms with Crippen molar-refractivity contribution in [2.45, 2.75) is 10.9 Å². The predicted molar refractivity (Wildman–Crippen MR) is 77.3 cm³/mol. The van der Waals surface area contributed by atoms with Gasteiger partial charge >= 0.3 is 5.97 Å². The van der Waals surface area contributed by atoms with Crippen molar-refractivity contribution in [3.8, 4) is 0 Å². The molecule has 2 aromatic rings. The van der Waals surface area contributed by atoms with E-state index in [0.29, 0.717) is 5.56 Å². The number of carbonyl (C=O) groups is 1. The number of nitrogens with two attached hydrogens (primary N) is 1. The Balaban J connectivity index is 0.000000211. The van der Waals surface area contributed by atoms with Gasteiger partial charge in [0.15, 0.2) is 0 Å². The lowest BCUT2D eigenvalue weighted by molar-refractivity contribution is -0.138. The Labute approximate surface area is 122 Å². The second-order valence-corrected chi connectivity index (χ2v) is 5.44. The first-order valence-corrected chi connectivity index (χ1v) is 7.32. The van der Waals surface area contributed by atoms with Crippen LogP contribution in [0.1, 0.15) is 11.6 Å². The lowest BCUT2D eigenvalue weighted by Gasteiger charge is -2.04. The summed E-state index contributed by atoms with van der Waals surface area (Å²) in [6.07, 6.45) is 0. The molecular weight excluding hydrogens is 294 g/mol. The molecule has 112 valence electrons. The maximum Gasteiger partial charge on any atom is 0.325 e. The number of hydrogen-bond donors (Lipinski definition) is 3. The zero-order valence-electron chi connectivity index (χ0n) is 11.0. The molecule has 0 unspecified atom stereocenters. The normalized spacial score (nSPS) is 11.9. The first kappa shape index (κ1) is 16.8. The Kier molecular flexibility index (Phi) is 6.04. The van der Waals surface area contributed by atoms with E-state index in [-0.39, 0.29) is 4.90 Å². The van der Waals surface area contributed by atoms with Gasteiger partial charge in [0, 0.05) is 0 Å². The lowest BCUT2D eigenvalue weighted by Crippen LogP contribution is -2.20. The molecule has 2 rings (SSSR count). The van der Waals surface area contributed by atoms with Crippen LogP contribution in [-0.2, 0) is 14.9 Å². The molecule has 6 nitrogen and oxygen atoms in total. The summed E-state index contributed by atoms with van der Waals surface area (Å²) in [6, 6.07) is 15.2. The summed E-state index contributed by atoms with van der Waals surface area (Å²) in [7, 11) is -4.00. The molecule has 0 aliphatic heterocycles. The summed E-state index contributed by atoms with van der Waals surface area (Å²) >= 11 is 0. The first-order chi connectivity index (χ1) is 9.82. The molecule has 2 aromatic carbocycles. The van der Waals surface area contributed by atoms with Gasteiger partial charge in [-0.1, -0.05) is 48.5 Å². The van der Waals surface area contributed by atoms with Crippen LogP contribution in [0.25, 0.3) is 0 Å². The summed E-state index contributed by atoms with van der Waals surface area (Å²) < 4.78 is 29.2. The van der Waals surface area contributed by atoms with Crippen LogP contribution < -0.4 is 5.73 Å². The summed E-state index contributed by atoms with van der Waals surface area (Å²) in [4.78, 5) is 10.3. The fourth-order valence-electron chi connectivity index (χ4n) is 1.40. The second kappa shape index (κ2) is 7.53. The molecule has 0 aliphatic carbocycles. The van der Waals surface area contributed by atoms with Crippen LogP contribution in [0.5, 0.6) is 0 Å². The van der Waals surface area contributed by atoms with E-state index in [1.165, 1.54) is 12.1 Å². The SMILES string of the molecule is N[C@H](C(=O)O)c1ccccc1.O=S(=O)(O)c1ccccc1. The molecule has 0 saturated carbocycles. The van der Waals surface area contributed by atoms with E-state index >= 15 is 0 Å². The van der Waals surface area contributed by atoms with Crippen molar-refractivity contribution < 1.29 is 22.9 Å². The third kappa shape index (κ3) is 5.74. The third-order valence-electron chi connectivity index (χ3n) is 2.47. The van der Waals surface area contributed by atoms with Gasteiger partial charge in [-0.2, -0.15) is 8.42 Å². The van der Waals surface area contributed by atoms with Crippen LogP contribution >= 0.6 is 0 Å². The van der Waals surface area contributed by atoms with Crippen LogP contribution in [0.15, 0.2) is 65.6 Å². The second-order valence-electron chi connectivity index (χ2n) is 4.01. The number of rotatable bonds is 3. The van der Waals surface area contributed by atoms with Crippen LogP contribution in [-0.4, -0.2) is 24.0 Å². The standard InChI is InChI=1S/C8H9NO2.C6H6O3S/c9-7(8(10)11)6-4-2-1-3-5-6;7-10(8,9)6-4-2-1-3-5-6/h1-5,7H,9H2,(H,10,11);1-5H,(H,7,8,9)/t7-;/m0./s1. The van der Waals surface area contributed by atoms with E-state index in [1.54, 1.807) is 42.5 Å². The van der Waals surface area contributed by atoms with Gasteiger partial charge in [-0.3, -0.25) is 9.35 Å². The predicted octanol–water partition coefficient (Wildman–Crippen LogP) is 1.70. The van der Waals surface area contributed by atoms with Crippen molar-refractivity contribution in [3.63, 3.8) is 0 Å². The molecule has 4 N–H and O–H groups in total. The van der Waals surface area contributed by atoms with Crippen LogP contribution in [0.2, 0.25) is 0 Å². The van der Waals surface area contributed by atoms with Gasteiger partial charge in [-0.25, -0.2) is 0 Å². The van der Waals surface area contributed by atoms with Gasteiger partial charge in [0.2, 0.25) is 0 Å². The van der Waals surface area contributed by atoms with Crippen LogP contribution in [0.3, 0.4) is 0 Å². The molecule has 0 radical (unpaired) electrons. The van der Waals surface area contributed by atoms with Gasteiger partial charge in [0.05, 0.1) is 4.90 Å². The Bertz CT molecular complexity index is 671. The van der Waals surface area contributed by atoms with Gasteiger partial charge in [-0.15, -0.1) is 0 Å². The van der Waals surface area contributed by atoms with Crippen molar-refractivity contribution in [2.24, 2.45) is 5.73 Å². The van der Waals surface area contributed by atoms with Crippen molar-refractivity contribution >= 4 is 16.1 Å². The zero-order chi connectivity index (χ0) is 15.9. The molecule has 1 atom stereocenters. The lowest BCUT2D eigenvalue weighted by atomic mass is 10.1. The Morgan fingerprint density at radius 2 is 1.38 bits per heavy atom. The van der Waals surface area contributed by atoms with Crippen molar-refractivity contribution in [1.29, 1.82) is 0 Å². The summed E-state index contributed by atoms with van der Waals surface area (Å²) in [5, 5.41) is 8.51. The van der Waals surface area contributed by atoms with E-state index in [4.69, 9.17) is 15.4 Å². The van der Waals surface area contributed by atoms with Gasteiger partial charge in [0.25, 0.3) is 10.1 Å². The first-order valence-electron chi connectivity index (χ1n) is 5.88. The van der Waals surface area contributed by atoms with Crippen molar-refractivity contribution in [1.82, 2.24) is 0 Å². The summed E-state index contributed by atoms with van der Waals surface area (Å²) in [5.41, 5.74) is 5.96. The number of carboxylic acids is 1. The monoisotopic (exact) mass is 309 g/mol. The van der Waals surface area contributed by atoms with E-state index in [9.17, 15) is 13.2 Å². The molecule has 21 heavy (non-hydrogen) atoms. The molecular formula is C14H15NO5S. The van der Waals surface area contributed by atoms with E-state index < -0.39 is 22.1 Å². The molecule has 0 aliphatic rings. The maximum absolute atomic E-state index is 10.4. The highest BCUT2D eigenvalue weighted by atomic mass is 32.2. The Morgan fingerprint density at radius 3 is 1.71 bits per heavy atom. The molecule has 0 saturated heterocycles. The highest BCUT2D eigenvalue weighted by molar-refractivity contribution is 7.85. The minimum absolute atomic E-state index is 0.0741. The molecule has 0 fully saturated rings. The largest absolute Gasteiger partial charge is 0.480 e. The van der Waals surface area contributed by atoms with Crippen LogP contribution in [0, 0.1) is 0 Å². The third-order valence-corrected chi connectivity index (χ3v) is 3.33. The average Bonchev–Trinajstić information content (AvgIpc) is 2.48. The average molecular weight is 309 g/mol. The number of aliphatic carboxylic acids is 1. The zero-order valence-corrected chi connectivity index (χ0v) is 11.8. The van der Waals surface area contributed by atoms with Gasteiger partial charge in [0.1, 0.15) is 6.04 Å². The number of carboxylic acid groups (broad SMARTS) is 1. The fraction of sp³-hybridized carbons (Fsp3) is 0.0714. The number of hydrogen-bond acceptors (Lipinski definition) is 4. The fourth-order valence-corrected chi connectivity index (χ4v) is 1.90. The molecule has 0 amide bonds. The molecule has 0 heterocycles. The maximum atomic E-state index is 10.4. The topological polar surface area (TPSA) is 118 Å². The van der Waals surface area contributed by atoms with E-state index in [1.807, 2.05) is 6.07 Å². The Morgan fingerprint density at radius 1 is 0.952 bits per heavy atom. The van der Waals surface area contributed by atoms with E-state index in [0.717, 1.165) is 0 Å². The van der Waals surface area contributed by atoms with Gasteiger partial charge < -0.3 is 10.8 Å². The highest BCUT2D eigenvalue weighted by Crippen LogP contribution is 2.08. The molecule has 7 heteroatoms. The molecule has 0 bridgehead atoms. The minimum atomic E-state index is -4.00. The number of benzene rings is 2.